The molecular weight excluding hydrogens is 426 g/mol. The highest BCUT2D eigenvalue weighted by molar-refractivity contribution is 7.14. The Balaban J connectivity index is 1.89. The normalized spacial score (nSPS) is 10.5. The molecule has 0 fully saturated rings. The van der Waals surface area contributed by atoms with Crippen molar-refractivity contribution < 1.29 is 19.2 Å². The molecule has 0 bridgehead atoms. The van der Waals surface area contributed by atoms with E-state index in [9.17, 15) is 24.5 Å². The van der Waals surface area contributed by atoms with Gasteiger partial charge in [0.15, 0.2) is 10.8 Å². The SMILES string of the molecule is CCOC(=O)Cc1csc(NC(=O)c2nn(-c3ccccc3[N+](=O)[O-])c(C)cc2=O)n1. The second-order valence-electron chi connectivity index (χ2n) is 6.24. The Hall–Kier alpha value is -3.93. The fourth-order valence-corrected chi connectivity index (χ4v) is 3.41. The van der Waals surface area contributed by atoms with Crippen LogP contribution in [0.2, 0.25) is 0 Å². The number of ether oxygens (including phenoxy) is 1. The minimum absolute atomic E-state index is 0.0481. The number of nitrogens with one attached hydrogen (secondary N) is 1. The highest BCUT2D eigenvalue weighted by atomic mass is 32.1. The predicted octanol–water partition coefficient (Wildman–Crippen LogP) is 2.26. The first-order valence-electron chi connectivity index (χ1n) is 9.06. The van der Waals surface area contributed by atoms with E-state index in [4.69, 9.17) is 4.74 Å². The van der Waals surface area contributed by atoms with Crippen LogP contribution in [-0.2, 0) is 16.0 Å². The Bertz CT molecular complexity index is 1220. The number of carbonyl (C=O) groups excluding carboxylic acids is 2. The Kier molecular flexibility index (Phi) is 6.50. The third kappa shape index (κ3) is 4.98. The van der Waals surface area contributed by atoms with Gasteiger partial charge in [0, 0.05) is 23.2 Å². The van der Waals surface area contributed by atoms with Crippen molar-refractivity contribution in [3.8, 4) is 5.69 Å². The molecule has 1 N–H and O–H groups in total. The zero-order chi connectivity index (χ0) is 22.5. The molecule has 0 saturated carbocycles. The molecule has 0 radical (unpaired) electrons. The maximum Gasteiger partial charge on any atom is 0.311 e. The van der Waals surface area contributed by atoms with Crippen LogP contribution < -0.4 is 10.7 Å². The van der Waals surface area contributed by atoms with Gasteiger partial charge in [-0.25, -0.2) is 9.67 Å². The van der Waals surface area contributed by atoms with E-state index in [0.29, 0.717) is 11.4 Å². The monoisotopic (exact) mass is 443 g/mol. The van der Waals surface area contributed by atoms with Crippen molar-refractivity contribution in [3.05, 3.63) is 73.1 Å². The standard InChI is InChI=1S/C19H17N5O6S/c1-3-30-16(26)9-12-10-31-19(20-12)21-18(27)17-15(25)8-11(2)23(22-17)13-6-4-5-7-14(13)24(28)29/h4-8,10H,3,9H2,1-2H3,(H,20,21,27). The fraction of sp³-hybridized carbons (Fsp3) is 0.211. The third-order valence-electron chi connectivity index (χ3n) is 4.03. The predicted molar refractivity (Wildman–Crippen MR) is 112 cm³/mol. The van der Waals surface area contributed by atoms with Crippen LogP contribution in [0.25, 0.3) is 5.69 Å². The first-order valence-corrected chi connectivity index (χ1v) is 9.94. The highest BCUT2D eigenvalue weighted by Gasteiger charge is 2.21. The van der Waals surface area contributed by atoms with Crippen LogP contribution in [-0.4, -0.2) is 38.2 Å². The summed E-state index contributed by atoms with van der Waals surface area (Å²) in [7, 11) is 0. The van der Waals surface area contributed by atoms with Gasteiger partial charge >= 0.3 is 5.97 Å². The average molecular weight is 443 g/mol. The number of hydrogen-bond donors (Lipinski definition) is 1. The Morgan fingerprint density at radius 1 is 1.32 bits per heavy atom. The number of aromatic nitrogens is 3. The number of amides is 1. The number of aryl methyl sites for hydroxylation is 1. The number of esters is 1. The summed E-state index contributed by atoms with van der Waals surface area (Å²) >= 11 is 1.07. The summed E-state index contributed by atoms with van der Waals surface area (Å²) in [5.74, 6) is -1.27. The van der Waals surface area contributed by atoms with Crippen molar-refractivity contribution in [1.29, 1.82) is 0 Å². The summed E-state index contributed by atoms with van der Waals surface area (Å²) < 4.78 is 6.02. The number of nitrogens with zero attached hydrogens (tertiary/aromatic N) is 4. The van der Waals surface area contributed by atoms with E-state index in [1.807, 2.05) is 0 Å². The Morgan fingerprint density at radius 2 is 2.06 bits per heavy atom. The van der Waals surface area contributed by atoms with Crippen LogP contribution in [0.4, 0.5) is 10.8 Å². The van der Waals surface area contributed by atoms with Gasteiger partial charge < -0.3 is 4.74 Å². The molecule has 0 aliphatic heterocycles. The van der Waals surface area contributed by atoms with Gasteiger partial charge in [-0.05, 0) is 19.9 Å². The van der Waals surface area contributed by atoms with Crippen LogP contribution in [0.3, 0.4) is 0 Å². The lowest BCUT2D eigenvalue weighted by molar-refractivity contribution is -0.384. The van der Waals surface area contributed by atoms with Crippen LogP contribution in [0.1, 0.15) is 28.8 Å². The number of carbonyl (C=O) groups is 2. The van der Waals surface area contributed by atoms with Gasteiger partial charge in [0.2, 0.25) is 5.43 Å². The average Bonchev–Trinajstić information content (AvgIpc) is 3.14. The van der Waals surface area contributed by atoms with Gasteiger partial charge in [0.25, 0.3) is 11.6 Å². The van der Waals surface area contributed by atoms with E-state index in [1.54, 1.807) is 25.3 Å². The quantitative estimate of drug-likeness (QED) is 0.332. The van der Waals surface area contributed by atoms with Crippen LogP contribution >= 0.6 is 11.3 Å². The number of para-hydroxylation sites is 2. The highest BCUT2D eigenvalue weighted by Crippen LogP contribution is 2.22. The van der Waals surface area contributed by atoms with Gasteiger partial charge in [0.1, 0.15) is 5.69 Å². The molecule has 3 aromatic rings. The van der Waals surface area contributed by atoms with E-state index in [0.717, 1.165) is 11.3 Å². The molecule has 3 rings (SSSR count). The molecule has 2 heterocycles. The van der Waals surface area contributed by atoms with E-state index in [-0.39, 0.29) is 29.5 Å². The molecule has 0 unspecified atom stereocenters. The van der Waals surface area contributed by atoms with Gasteiger partial charge in [0.05, 0.1) is 23.6 Å². The lowest BCUT2D eigenvalue weighted by Crippen LogP contribution is -2.27. The number of rotatable bonds is 7. The van der Waals surface area contributed by atoms with Gasteiger partial charge in [-0.15, -0.1) is 11.3 Å². The topological polar surface area (TPSA) is 146 Å². The van der Waals surface area contributed by atoms with Crippen molar-refractivity contribution >= 4 is 34.0 Å². The van der Waals surface area contributed by atoms with Gasteiger partial charge in [-0.3, -0.25) is 29.8 Å². The molecule has 1 aromatic carbocycles. The Labute approximate surface area is 179 Å². The summed E-state index contributed by atoms with van der Waals surface area (Å²) in [6, 6.07) is 7.03. The third-order valence-corrected chi connectivity index (χ3v) is 4.84. The summed E-state index contributed by atoms with van der Waals surface area (Å²) in [5.41, 5.74) is -0.476. The molecule has 0 aliphatic carbocycles. The van der Waals surface area contributed by atoms with E-state index in [1.165, 1.54) is 28.9 Å². The lowest BCUT2D eigenvalue weighted by Gasteiger charge is -2.11. The van der Waals surface area contributed by atoms with Crippen molar-refractivity contribution in [2.45, 2.75) is 20.3 Å². The van der Waals surface area contributed by atoms with Crippen molar-refractivity contribution in [2.24, 2.45) is 0 Å². The number of nitro groups is 1. The second-order valence-corrected chi connectivity index (χ2v) is 7.09. The first kappa shape index (κ1) is 21.8. The number of anilines is 1. The molecule has 1 amide bonds. The molecule has 0 atom stereocenters. The second kappa shape index (κ2) is 9.26. The summed E-state index contributed by atoms with van der Waals surface area (Å²) in [6.45, 7) is 3.49. The van der Waals surface area contributed by atoms with E-state index >= 15 is 0 Å². The molecule has 2 aromatic heterocycles. The molecule has 0 aliphatic rings. The van der Waals surface area contributed by atoms with Crippen molar-refractivity contribution in [3.63, 3.8) is 0 Å². The fourth-order valence-electron chi connectivity index (χ4n) is 2.71. The molecule has 0 spiro atoms. The maximum absolute atomic E-state index is 12.6. The van der Waals surface area contributed by atoms with Crippen LogP contribution in [0, 0.1) is 17.0 Å². The van der Waals surface area contributed by atoms with Gasteiger partial charge in [-0.1, -0.05) is 12.1 Å². The zero-order valence-corrected chi connectivity index (χ0v) is 17.3. The molecular formula is C19H17N5O6S. The number of hydrogen-bond acceptors (Lipinski definition) is 9. The first-order chi connectivity index (χ1) is 14.8. The van der Waals surface area contributed by atoms with Crippen molar-refractivity contribution in [1.82, 2.24) is 14.8 Å². The maximum atomic E-state index is 12.6. The Morgan fingerprint density at radius 3 is 2.77 bits per heavy atom. The molecule has 0 saturated heterocycles. The molecule has 11 nitrogen and oxygen atoms in total. The van der Waals surface area contributed by atoms with Crippen molar-refractivity contribution in [2.75, 3.05) is 11.9 Å². The van der Waals surface area contributed by atoms with Gasteiger partial charge in [-0.2, -0.15) is 5.10 Å². The summed E-state index contributed by atoms with van der Waals surface area (Å²) in [4.78, 5) is 51.4. The zero-order valence-electron chi connectivity index (χ0n) is 16.5. The lowest BCUT2D eigenvalue weighted by atomic mass is 10.2. The van der Waals surface area contributed by atoms with Crippen LogP contribution in [0.5, 0.6) is 0 Å². The molecule has 12 heteroatoms. The summed E-state index contributed by atoms with van der Waals surface area (Å²) in [5, 5.41) is 19.6. The summed E-state index contributed by atoms with van der Waals surface area (Å²) in [6.07, 6.45) is -0.0481. The minimum Gasteiger partial charge on any atom is -0.466 e. The molecule has 160 valence electrons. The largest absolute Gasteiger partial charge is 0.466 e. The number of thiazole rings is 1. The molecule has 31 heavy (non-hydrogen) atoms. The number of benzene rings is 1. The number of nitro benzene ring substituents is 1. The van der Waals surface area contributed by atoms with Crippen LogP contribution in [0.15, 0.2) is 40.5 Å². The minimum atomic E-state index is -0.825. The van der Waals surface area contributed by atoms with E-state index in [2.05, 4.69) is 15.4 Å². The van der Waals surface area contributed by atoms with E-state index < -0.39 is 27.9 Å². The smallest absolute Gasteiger partial charge is 0.311 e.